The molecule has 0 aromatic rings. The normalized spacial score (nSPS) is 25.2. The summed E-state index contributed by atoms with van der Waals surface area (Å²) in [5, 5.41) is 4.25. The van der Waals surface area contributed by atoms with Crippen molar-refractivity contribution < 1.29 is 19.2 Å². The number of nitrogens with zero attached hydrogens (tertiary/aromatic N) is 1. The molecule has 2 aliphatic rings. The Hall–Kier alpha value is -2.18. The van der Waals surface area contributed by atoms with Crippen LogP contribution >= 0.6 is 0 Å². The summed E-state index contributed by atoms with van der Waals surface area (Å²) in [6.45, 7) is -0.405. The predicted molar refractivity (Wildman–Crippen MR) is 64.7 cm³/mol. The van der Waals surface area contributed by atoms with Gasteiger partial charge in [0.2, 0.25) is 17.7 Å². The van der Waals surface area contributed by atoms with Gasteiger partial charge in [-0.2, -0.15) is 0 Å². The van der Waals surface area contributed by atoms with E-state index in [0.29, 0.717) is 12.8 Å². The second-order valence-electron chi connectivity index (χ2n) is 4.55. The molecule has 5 amide bonds. The van der Waals surface area contributed by atoms with E-state index in [1.54, 1.807) is 0 Å². The average Bonchev–Trinajstić information content (AvgIpc) is 2.64. The van der Waals surface area contributed by atoms with Crippen LogP contribution in [0.15, 0.2) is 12.2 Å². The Morgan fingerprint density at radius 2 is 1.74 bits per heavy atom. The van der Waals surface area contributed by atoms with E-state index >= 15 is 0 Å². The first-order chi connectivity index (χ1) is 9.04. The van der Waals surface area contributed by atoms with E-state index in [4.69, 9.17) is 0 Å². The number of carbonyl (C=O) groups is 4. The first-order valence-electron chi connectivity index (χ1n) is 6.06. The molecule has 0 aromatic heterocycles. The number of hydrogen-bond acceptors (Lipinski definition) is 4. The van der Waals surface area contributed by atoms with Gasteiger partial charge in [0.25, 0.3) is 0 Å². The highest BCUT2D eigenvalue weighted by molar-refractivity contribution is 6.08. The van der Waals surface area contributed by atoms with Crippen molar-refractivity contribution in [1.29, 1.82) is 0 Å². The SMILES string of the molecule is CNC(=O)NC(=O)CN1C(=O)[C@H]2CC=CC[C@H]2C1=O. The lowest BCUT2D eigenvalue weighted by atomic mass is 9.85. The van der Waals surface area contributed by atoms with E-state index in [9.17, 15) is 19.2 Å². The monoisotopic (exact) mass is 265 g/mol. The van der Waals surface area contributed by atoms with Gasteiger partial charge in [-0.3, -0.25) is 24.6 Å². The van der Waals surface area contributed by atoms with Gasteiger partial charge in [-0.05, 0) is 12.8 Å². The Balaban J connectivity index is 2.02. The molecule has 2 N–H and O–H groups in total. The maximum atomic E-state index is 12.0. The van der Waals surface area contributed by atoms with E-state index in [1.165, 1.54) is 7.05 Å². The molecule has 2 atom stereocenters. The molecule has 2 rings (SSSR count). The second-order valence-corrected chi connectivity index (χ2v) is 4.55. The van der Waals surface area contributed by atoms with Crippen LogP contribution in [0.2, 0.25) is 0 Å². The lowest BCUT2D eigenvalue weighted by Gasteiger charge is -2.14. The average molecular weight is 265 g/mol. The summed E-state index contributed by atoms with van der Waals surface area (Å²) < 4.78 is 0. The summed E-state index contributed by atoms with van der Waals surface area (Å²) in [6.07, 6.45) is 4.81. The van der Waals surface area contributed by atoms with Crippen LogP contribution in [-0.2, 0) is 14.4 Å². The van der Waals surface area contributed by atoms with E-state index < -0.39 is 18.5 Å². The molecule has 1 aliphatic carbocycles. The van der Waals surface area contributed by atoms with Gasteiger partial charge >= 0.3 is 6.03 Å². The third kappa shape index (κ3) is 2.49. The van der Waals surface area contributed by atoms with Crippen molar-refractivity contribution >= 4 is 23.8 Å². The molecule has 0 unspecified atom stereocenters. The Labute approximate surface area is 110 Å². The zero-order chi connectivity index (χ0) is 14.0. The highest BCUT2D eigenvalue weighted by Crippen LogP contribution is 2.34. The molecule has 1 heterocycles. The molecule has 1 saturated heterocycles. The minimum Gasteiger partial charge on any atom is -0.341 e. The van der Waals surface area contributed by atoms with Crippen molar-refractivity contribution in [1.82, 2.24) is 15.5 Å². The maximum Gasteiger partial charge on any atom is 0.321 e. The van der Waals surface area contributed by atoms with Gasteiger partial charge in [-0.25, -0.2) is 4.79 Å². The standard InChI is InChI=1S/C12H15N3O4/c1-13-12(19)14-9(16)6-15-10(17)7-4-2-3-5-8(7)11(15)18/h2-3,7-8H,4-6H2,1H3,(H2,13,14,16,19)/t7-,8+. The van der Waals surface area contributed by atoms with Gasteiger partial charge in [-0.15, -0.1) is 0 Å². The fraction of sp³-hybridized carbons (Fsp3) is 0.500. The molecule has 0 aromatic carbocycles. The molecule has 19 heavy (non-hydrogen) atoms. The fourth-order valence-corrected chi connectivity index (χ4v) is 2.40. The lowest BCUT2D eigenvalue weighted by molar-refractivity contribution is -0.143. The van der Waals surface area contributed by atoms with Crippen molar-refractivity contribution in [2.45, 2.75) is 12.8 Å². The van der Waals surface area contributed by atoms with Crippen LogP contribution in [0.4, 0.5) is 4.79 Å². The summed E-state index contributed by atoms with van der Waals surface area (Å²) in [6, 6.07) is -0.664. The number of hydrogen-bond donors (Lipinski definition) is 2. The zero-order valence-corrected chi connectivity index (χ0v) is 10.5. The molecule has 7 heteroatoms. The van der Waals surface area contributed by atoms with E-state index in [-0.39, 0.29) is 23.7 Å². The highest BCUT2D eigenvalue weighted by atomic mass is 16.2. The Bertz CT molecular complexity index is 446. The minimum atomic E-state index is -0.673. The van der Waals surface area contributed by atoms with Crippen LogP contribution in [0.5, 0.6) is 0 Å². The van der Waals surface area contributed by atoms with E-state index in [2.05, 4.69) is 5.32 Å². The summed E-state index contributed by atoms with van der Waals surface area (Å²) in [5.74, 6) is -2.04. The van der Waals surface area contributed by atoms with Crippen LogP contribution < -0.4 is 10.6 Å². The molecule has 0 bridgehead atoms. The summed E-state index contributed by atoms with van der Waals surface area (Å²) in [5.41, 5.74) is 0. The lowest BCUT2D eigenvalue weighted by Crippen LogP contribution is -2.45. The molecule has 1 fully saturated rings. The molecule has 102 valence electrons. The quantitative estimate of drug-likeness (QED) is 0.514. The van der Waals surface area contributed by atoms with Gasteiger partial charge < -0.3 is 5.32 Å². The minimum absolute atomic E-state index is 0.327. The van der Waals surface area contributed by atoms with Gasteiger partial charge in [0.15, 0.2) is 0 Å². The van der Waals surface area contributed by atoms with Crippen molar-refractivity contribution in [2.75, 3.05) is 13.6 Å². The molecule has 0 saturated carbocycles. The van der Waals surface area contributed by atoms with Crippen LogP contribution in [-0.4, -0.2) is 42.2 Å². The number of allylic oxidation sites excluding steroid dienone is 2. The van der Waals surface area contributed by atoms with Gasteiger partial charge in [0.1, 0.15) is 6.54 Å². The number of imide groups is 2. The number of amides is 5. The zero-order valence-electron chi connectivity index (χ0n) is 10.5. The number of urea groups is 1. The van der Waals surface area contributed by atoms with Crippen LogP contribution in [0.3, 0.4) is 0 Å². The summed E-state index contributed by atoms with van der Waals surface area (Å²) in [7, 11) is 1.37. The summed E-state index contributed by atoms with van der Waals surface area (Å²) >= 11 is 0. The van der Waals surface area contributed by atoms with Crippen LogP contribution in [0.1, 0.15) is 12.8 Å². The Morgan fingerprint density at radius 1 is 1.21 bits per heavy atom. The number of nitrogens with one attached hydrogen (secondary N) is 2. The van der Waals surface area contributed by atoms with Crippen molar-refractivity contribution in [2.24, 2.45) is 11.8 Å². The van der Waals surface area contributed by atoms with Gasteiger partial charge in [0.05, 0.1) is 11.8 Å². The van der Waals surface area contributed by atoms with Gasteiger partial charge in [-0.1, -0.05) is 12.2 Å². The summed E-state index contributed by atoms with van der Waals surface area (Å²) in [4.78, 5) is 47.5. The first-order valence-corrected chi connectivity index (χ1v) is 6.06. The predicted octanol–water partition coefficient (Wildman–Crippen LogP) is -0.607. The molecular weight excluding hydrogens is 250 g/mol. The Kier molecular flexibility index (Phi) is 3.64. The second kappa shape index (κ2) is 5.21. The fourth-order valence-electron chi connectivity index (χ4n) is 2.40. The topological polar surface area (TPSA) is 95.6 Å². The van der Waals surface area contributed by atoms with Crippen molar-refractivity contribution in [3.8, 4) is 0 Å². The number of fused-ring (bicyclic) bond motifs is 1. The maximum absolute atomic E-state index is 12.0. The molecule has 0 radical (unpaired) electrons. The third-order valence-corrected chi connectivity index (χ3v) is 3.38. The van der Waals surface area contributed by atoms with Crippen molar-refractivity contribution in [3.05, 3.63) is 12.2 Å². The number of likely N-dealkylation sites (tertiary alicyclic amines) is 1. The molecule has 0 spiro atoms. The van der Waals surface area contributed by atoms with E-state index in [0.717, 1.165) is 4.90 Å². The highest BCUT2D eigenvalue weighted by Gasteiger charge is 2.47. The van der Waals surface area contributed by atoms with Crippen LogP contribution in [0.25, 0.3) is 0 Å². The molecule has 7 nitrogen and oxygen atoms in total. The van der Waals surface area contributed by atoms with Gasteiger partial charge in [0, 0.05) is 7.05 Å². The molecule has 1 aliphatic heterocycles. The van der Waals surface area contributed by atoms with Crippen LogP contribution in [0, 0.1) is 11.8 Å². The largest absolute Gasteiger partial charge is 0.341 e. The number of rotatable bonds is 2. The smallest absolute Gasteiger partial charge is 0.321 e. The van der Waals surface area contributed by atoms with Crippen molar-refractivity contribution in [3.63, 3.8) is 0 Å². The molecular formula is C12H15N3O4. The van der Waals surface area contributed by atoms with E-state index in [1.807, 2.05) is 17.5 Å². The Morgan fingerprint density at radius 3 is 2.21 bits per heavy atom. The number of carbonyl (C=O) groups excluding carboxylic acids is 4. The third-order valence-electron chi connectivity index (χ3n) is 3.38. The first kappa shape index (κ1) is 13.3.